The maximum atomic E-state index is 13.0. The number of aliphatic hydroxyl groups excluding tert-OH is 1. The first-order valence-electron chi connectivity index (χ1n) is 10.0. The van der Waals surface area contributed by atoms with Crippen molar-refractivity contribution in [1.82, 2.24) is 16.0 Å². The molecule has 1 heterocycles. The number of benzene rings is 1. The van der Waals surface area contributed by atoms with E-state index in [-0.39, 0.29) is 34.7 Å². The van der Waals surface area contributed by atoms with Crippen LogP contribution < -0.4 is 21.3 Å². The zero-order valence-corrected chi connectivity index (χ0v) is 17.7. The first-order valence-corrected chi connectivity index (χ1v) is 10.4. The van der Waals surface area contributed by atoms with Gasteiger partial charge >= 0.3 is 6.09 Å². The molecule has 168 valence electrons. The number of likely N-dealkylation sites (N-methyl/N-ethyl adjacent to an activating group) is 1. The molecular weight excluding hydrogens is 428 g/mol. The first-order chi connectivity index (χ1) is 14.8. The molecule has 11 heteroatoms. The van der Waals surface area contributed by atoms with Crippen LogP contribution in [0.3, 0.4) is 0 Å². The third-order valence-electron chi connectivity index (χ3n) is 5.17. The molecule has 3 rings (SSSR count). The van der Waals surface area contributed by atoms with E-state index in [2.05, 4.69) is 21.3 Å². The molecule has 0 aromatic heterocycles. The maximum absolute atomic E-state index is 13.0. The van der Waals surface area contributed by atoms with Crippen molar-refractivity contribution < 1.29 is 29.0 Å². The normalized spacial score (nSPS) is 19.7. The van der Waals surface area contributed by atoms with Crippen molar-refractivity contribution in [3.05, 3.63) is 28.8 Å². The number of nitrogens with one attached hydrogen (secondary N) is 4. The minimum absolute atomic E-state index is 0.0326. The fourth-order valence-corrected chi connectivity index (χ4v) is 3.48. The number of halogens is 1. The van der Waals surface area contributed by atoms with Crippen LogP contribution in [0, 0.1) is 5.92 Å². The van der Waals surface area contributed by atoms with E-state index in [1.807, 2.05) is 0 Å². The Hall–Kier alpha value is -2.85. The van der Waals surface area contributed by atoms with Crippen LogP contribution in [0.4, 0.5) is 10.5 Å². The van der Waals surface area contributed by atoms with Gasteiger partial charge in [-0.2, -0.15) is 0 Å². The molecule has 2 fully saturated rings. The molecule has 5 N–H and O–H groups in total. The highest BCUT2D eigenvalue weighted by Crippen LogP contribution is 2.26. The Morgan fingerprint density at radius 1 is 1.29 bits per heavy atom. The van der Waals surface area contributed by atoms with E-state index in [1.165, 1.54) is 25.2 Å². The fourth-order valence-electron chi connectivity index (χ4n) is 3.31. The summed E-state index contributed by atoms with van der Waals surface area (Å²) in [5, 5.41) is 20.8. The summed E-state index contributed by atoms with van der Waals surface area (Å²) in [7, 11) is 1.36. The molecule has 1 aliphatic carbocycles. The SMILES string of the molecule is CNC(=O)C(O)[C@H](C[C@@H]1CCNC1=O)NC(=O)c1cc(Cl)ccc1NC(=O)OC1CC1. The molecule has 1 aromatic carbocycles. The quantitative estimate of drug-likeness (QED) is 0.394. The topological polar surface area (TPSA) is 146 Å². The number of carbonyl (C=O) groups excluding carboxylic acids is 4. The Morgan fingerprint density at radius 3 is 2.65 bits per heavy atom. The van der Waals surface area contributed by atoms with Gasteiger partial charge in [0, 0.05) is 24.5 Å². The number of hydrogen-bond acceptors (Lipinski definition) is 6. The van der Waals surface area contributed by atoms with Gasteiger partial charge in [-0.3, -0.25) is 19.7 Å². The number of aliphatic hydroxyl groups is 1. The number of anilines is 1. The van der Waals surface area contributed by atoms with Crippen molar-refractivity contribution in [2.45, 2.75) is 43.9 Å². The van der Waals surface area contributed by atoms with Gasteiger partial charge in [-0.25, -0.2) is 4.79 Å². The summed E-state index contributed by atoms with van der Waals surface area (Å²) in [5.74, 6) is -2.01. The Labute approximate surface area is 184 Å². The van der Waals surface area contributed by atoms with Crippen LogP contribution in [-0.4, -0.2) is 60.8 Å². The monoisotopic (exact) mass is 452 g/mol. The molecule has 1 saturated heterocycles. The summed E-state index contributed by atoms with van der Waals surface area (Å²) in [6, 6.07) is 3.28. The van der Waals surface area contributed by atoms with Crippen molar-refractivity contribution >= 4 is 41.1 Å². The fraction of sp³-hybridized carbons (Fsp3) is 0.500. The van der Waals surface area contributed by atoms with Gasteiger partial charge in [-0.1, -0.05) is 11.6 Å². The molecule has 0 spiro atoms. The molecule has 1 unspecified atom stereocenters. The highest BCUT2D eigenvalue weighted by atomic mass is 35.5. The van der Waals surface area contributed by atoms with E-state index in [4.69, 9.17) is 16.3 Å². The van der Waals surface area contributed by atoms with E-state index in [9.17, 15) is 24.3 Å². The van der Waals surface area contributed by atoms with Crippen LogP contribution in [0.2, 0.25) is 5.02 Å². The predicted molar refractivity (Wildman–Crippen MR) is 112 cm³/mol. The number of hydrogen-bond donors (Lipinski definition) is 5. The Kier molecular flexibility index (Phi) is 7.34. The lowest BCUT2D eigenvalue weighted by Gasteiger charge is -2.25. The van der Waals surface area contributed by atoms with E-state index in [0.29, 0.717) is 13.0 Å². The summed E-state index contributed by atoms with van der Waals surface area (Å²) in [6.07, 6.45) is -0.179. The number of ether oxygens (including phenoxy) is 1. The number of amides is 4. The highest BCUT2D eigenvalue weighted by Gasteiger charge is 2.34. The van der Waals surface area contributed by atoms with Crippen molar-refractivity contribution in [3.8, 4) is 0 Å². The van der Waals surface area contributed by atoms with Crippen molar-refractivity contribution in [1.29, 1.82) is 0 Å². The molecule has 4 amide bonds. The van der Waals surface area contributed by atoms with Gasteiger partial charge in [-0.15, -0.1) is 0 Å². The van der Waals surface area contributed by atoms with E-state index in [0.717, 1.165) is 12.8 Å². The molecule has 31 heavy (non-hydrogen) atoms. The van der Waals surface area contributed by atoms with Crippen molar-refractivity contribution in [2.75, 3.05) is 18.9 Å². The number of carbonyl (C=O) groups is 4. The van der Waals surface area contributed by atoms with Crippen LogP contribution in [0.5, 0.6) is 0 Å². The lowest BCUT2D eigenvalue weighted by molar-refractivity contribution is -0.131. The molecule has 3 atom stereocenters. The van der Waals surface area contributed by atoms with Crippen LogP contribution in [0.25, 0.3) is 0 Å². The van der Waals surface area contributed by atoms with Crippen molar-refractivity contribution in [2.24, 2.45) is 5.92 Å². The molecule has 1 aliphatic heterocycles. The second-order valence-electron chi connectivity index (χ2n) is 7.57. The van der Waals surface area contributed by atoms with Crippen LogP contribution >= 0.6 is 11.6 Å². The highest BCUT2D eigenvalue weighted by molar-refractivity contribution is 6.31. The lowest BCUT2D eigenvalue weighted by atomic mass is 9.94. The summed E-state index contributed by atoms with van der Waals surface area (Å²) in [6.45, 7) is 0.492. The van der Waals surface area contributed by atoms with Gasteiger partial charge in [0.25, 0.3) is 11.8 Å². The Bertz CT molecular complexity index is 875. The van der Waals surface area contributed by atoms with Crippen LogP contribution in [0.1, 0.15) is 36.0 Å². The average molecular weight is 453 g/mol. The molecule has 1 saturated carbocycles. The zero-order valence-electron chi connectivity index (χ0n) is 16.9. The third-order valence-corrected chi connectivity index (χ3v) is 5.41. The van der Waals surface area contributed by atoms with Gasteiger partial charge in [0.05, 0.1) is 17.3 Å². The molecule has 1 aromatic rings. The third kappa shape index (κ3) is 6.08. The van der Waals surface area contributed by atoms with Gasteiger partial charge in [0.1, 0.15) is 6.10 Å². The zero-order chi connectivity index (χ0) is 22.5. The van der Waals surface area contributed by atoms with Crippen molar-refractivity contribution in [3.63, 3.8) is 0 Å². The van der Waals surface area contributed by atoms with E-state index in [1.54, 1.807) is 0 Å². The minimum atomic E-state index is -1.57. The molecule has 0 radical (unpaired) electrons. The van der Waals surface area contributed by atoms with Crippen LogP contribution in [-0.2, 0) is 14.3 Å². The largest absolute Gasteiger partial charge is 0.446 e. The summed E-state index contributed by atoms with van der Waals surface area (Å²) >= 11 is 6.03. The van der Waals surface area contributed by atoms with E-state index < -0.39 is 36.0 Å². The molecule has 2 aliphatic rings. The van der Waals surface area contributed by atoms with Crippen LogP contribution in [0.15, 0.2) is 18.2 Å². The van der Waals surface area contributed by atoms with Gasteiger partial charge < -0.3 is 25.8 Å². The second-order valence-corrected chi connectivity index (χ2v) is 8.01. The average Bonchev–Trinajstić information content (AvgIpc) is 3.46. The van der Waals surface area contributed by atoms with Gasteiger partial charge in [0.2, 0.25) is 5.91 Å². The predicted octanol–water partition coefficient (Wildman–Crippen LogP) is 0.782. The van der Waals surface area contributed by atoms with Gasteiger partial charge in [-0.05, 0) is 43.9 Å². The van der Waals surface area contributed by atoms with Gasteiger partial charge in [0.15, 0.2) is 6.10 Å². The summed E-state index contributed by atoms with van der Waals surface area (Å²) in [4.78, 5) is 49.0. The van der Waals surface area contributed by atoms with E-state index >= 15 is 0 Å². The number of rotatable bonds is 8. The Balaban J connectivity index is 1.77. The first kappa shape index (κ1) is 22.8. The standard InChI is InChI=1S/C20H25ClN4O6/c1-22-19(29)16(26)15(8-10-6-7-23-17(10)27)24-18(28)13-9-11(21)2-5-14(13)25-20(30)31-12-3-4-12/h2,5,9-10,12,15-16,26H,3-4,6-8H2,1H3,(H,22,29)(H,23,27)(H,24,28)(H,25,30)/t10-,15-,16?/m0/s1. The molecule has 10 nitrogen and oxygen atoms in total. The molecular formula is C20H25ClN4O6. The molecule has 0 bridgehead atoms. The summed E-state index contributed by atoms with van der Waals surface area (Å²) < 4.78 is 5.14. The smallest absolute Gasteiger partial charge is 0.411 e. The Morgan fingerprint density at radius 2 is 2.03 bits per heavy atom. The summed E-state index contributed by atoms with van der Waals surface area (Å²) in [5.41, 5.74) is 0.199. The second kappa shape index (κ2) is 9.97. The lowest BCUT2D eigenvalue weighted by Crippen LogP contribution is -2.51. The maximum Gasteiger partial charge on any atom is 0.411 e. The minimum Gasteiger partial charge on any atom is -0.446 e.